The van der Waals surface area contributed by atoms with E-state index in [4.69, 9.17) is 16.6 Å². The van der Waals surface area contributed by atoms with Gasteiger partial charge in [0.1, 0.15) is 5.82 Å². The highest BCUT2D eigenvalue weighted by atomic mass is 19.1. The molecule has 1 aromatic heterocycles. The van der Waals surface area contributed by atoms with Gasteiger partial charge < -0.3 is 26.5 Å². The topological polar surface area (TPSA) is 89.2 Å². The molecule has 1 aliphatic heterocycles. The zero-order valence-corrected chi connectivity index (χ0v) is 18.8. The lowest BCUT2D eigenvalue weighted by Crippen LogP contribution is -2.10. The van der Waals surface area contributed by atoms with Crippen molar-refractivity contribution in [1.29, 1.82) is 0 Å². The number of nitrogen functional groups attached to an aromatic ring is 2. The van der Waals surface area contributed by atoms with E-state index in [2.05, 4.69) is 41.3 Å². The van der Waals surface area contributed by atoms with E-state index < -0.39 is 0 Å². The van der Waals surface area contributed by atoms with Crippen molar-refractivity contribution in [3.8, 4) is 0 Å². The predicted octanol–water partition coefficient (Wildman–Crippen LogP) is 4.75. The second-order valence-corrected chi connectivity index (χ2v) is 8.18. The van der Waals surface area contributed by atoms with Gasteiger partial charge in [-0.25, -0.2) is 4.39 Å². The lowest BCUT2D eigenvalue weighted by molar-refractivity contribution is 0.399. The van der Waals surface area contributed by atoms with Crippen LogP contribution < -0.4 is 16.8 Å². The van der Waals surface area contributed by atoms with E-state index in [1.165, 1.54) is 17.2 Å². The Kier molecular flexibility index (Phi) is 6.11. The molecule has 6 heteroatoms. The summed E-state index contributed by atoms with van der Waals surface area (Å²) in [6.45, 7) is 8.61. The number of benzene rings is 2. The van der Waals surface area contributed by atoms with E-state index in [-0.39, 0.29) is 11.5 Å². The quantitative estimate of drug-likeness (QED) is 0.437. The molecule has 2 aliphatic rings. The maximum Gasteiger partial charge on any atom is 0.130 e. The fourth-order valence-electron chi connectivity index (χ4n) is 4.75. The van der Waals surface area contributed by atoms with Gasteiger partial charge in [-0.2, -0.15) is 0 Å². The van der Waals surface area contributed by atoms with Crippen LogP contribution in [0.3, 0.4) is 0 Å². The highest BCUT2D eigenvalue weighted by molar-refractivity contribution is 6.02. The van der Waals surface area contributed by atoms with Gasteiger partial charge >= 0.3 is 0 Å². The Morgan fingerprint density at radius 3 is 2.52 bits per heavy atom. The Morgan fingerprint density at radius 1 is 1.12 bits per heavy atom. The van der Waals surface area contributed by atoms with Crippen molar-refractivity contribution < 1.29 is 9.50 Å². The molecule has 0 saturated carbocycles. The minimum atomic E-state index is -0.364. The maximum atomic E-state index is 14.8. The van der Waals surface area contributed by atoms with Crippen molar-refractivity contribution in [2.45, 2.75) is 25.8 Å². The van der Waals surface area contributed by atoms with Gasteiger partial charge in [0.05, 0.1) is 17.9 Å². The van der Waals surface area contributed by atoms with E-state index in [1.54, 1.807) is 6.07 Å². The zero-order chi connectivity index (χ0) is 23.7. The summed E-state index contributed by atoms with van der Waals surface area (Å²) in [6, 6.07) is 7.46. The first kappa shape index (κ1) is 22.4. The molecular weight excluding hydrogens is 415 g/mol. The number of nitrogens with zero attached hydrogens (tertiary/aromatic N) is 1. The third kappa shape index (κ3) is 3.83. The number of aliphatic hydroxyl groups excluding tert-OH is 1. The van der Waals surface area contributed by atoms with Gasteiger partial charge in [0.25, 0.3) is 0 Å². The number of aromatic nitrogens is 1. The van der Waals surface area contributed by atoms with Gasteiger partial charge in [-0.3, -0.25) is 0 Å². The number of hydrogen-bond donors (Lipinski definition) is 4. The Bertz CT molecular complexity index is 1330. The molecule has 3 aromatic rings. The number of allylic oxidation sites excluding steroid dienone is 3. The van der Waals surface area contributed by atoms with Crippen molar-refractivity contribution in [3.63, 3.8) is 0 Å². The average Bonchev–Trinajstić information content (AvgIpc) is 3.39. The summed E-state index contributed by atoms with van der Waals surface area (Å²) in [5.41, 5.74) is 20.5. The number of nitrogens with two attached hydrogens (primary N) is 2. The summed E-state index contributed by atoms with van der Waals surface area (Å²) in [6.07, 6.45) is 11.0. The minimum Gasteiger partial charge on any atom is -0.400 e. The van der Waals surface area contributed by atoms with Crippen LogP contribution in [-0.4, -0.2) is 16.8 Å². The van der Waals surface area contributed by atoms with Gasteiger partial charge in [0.15, 0.2) is 0 Å². The second kappa shape index (κ2) is 9.00. The highest BCUT2D eigenvalue weighted by Crippen LogP contribution is 2.39. The van der Waals surface area contributed by atoms with Crippen LogP contribution in [0.5, 0.6) is 0 Å². The molecule has 0 spiro atoms. The smallest absolute Gasteiger partial charge is 0.130 e. The molecule has 0 unspecified atom stereocenters. The number of aryl methyl sites for hydroxylation is 2. The summed E-state index contributed by atoms with van der Waals surface area (Å²) in [5.74, 6) is -0.364. The molecule has 0 amide bonds. The van der Waals surface area contributed by atoms with Crippen molar-refractivity contribution in [2.75, 3.05) is 18.6 Å². The summed E-state index contributed by atoms with van der Waals surface area (Å²) in [7, 11) is 1.00. The number of rotatable bonds is 4. The van der Waals surface area contributed by atoms with Gasteiger partial charge in [-0.15, -0.1) is 0 Å². The standard InChI is InChI=1S/C26H25FN4.CH4O/c1-3-24-26(19-8-5-9-30-15(19)2)20-10-16-6-4-7-17(16)12-25(20)31(24)14-18-11-22(28)23(29)13-21(18)27;1-2/h3,5,8-13,30H,1-2,4,6-7,14,28-29H2;2H,1H3. The van der Waals surface area contributed by atoms with E-state index in [9.17, 15) is 4.39 Å². The molecular formula is C27H29FN4O. The molecule has 0 bridgehead atoms. The SMILES string of the molecule is C=Cc1c(C2=CC=CNC2=C)c2cc3c(cc2n1Cc1cc(N)c(N)cc1F)CCC3.CO. The molecule has 1 aliphatic carbocycles. The van der Waals surface area contributed by atoms with E-state index in [1.807, 2.05) is 18.4 Å². The number of fused-ring (bicyclic) bond motifs is 2. The Balaban J connectivity index is 0.00000126. The summed E-state index contributed by atoms with van der Waals surface area (Å²) >= 11 is 0. The van der Waals surface area contributed by atoms with Gasteiger partial charge in [0.2, 0.25) is 0 Å². The average molecular weight is 445 g/mol. The van der Waals surface area contributed by atoms with Crippen LogP contribution in [0, 0.1) is 5.82 Å². The van der Waals surface area contributed by atoms with Crippen LogP contribution in [-0.2, 0) is 19.4 Å². The molecule has 2 heterocycles. The minimum absolute atomic E-state index is 0.252. The first-order valence-corrected chi connectivity index (χ1v) is 10.9. The summed E-state index contributed by atoms with van der Waals surface area (Å²) in [5, 5.41) is 11.3. The lowest BCUT2D eigenvalue weighted by Gasteiger charge is -2.16. The maximum absolute atomic E-state index is 14.8. The number of dihydropyridines is 1. The molecule has 0 saturated heterocycles. The van der Waals surface area contributed by atoms with Crippen LogP contribution in [0.4, 0.5) is 15.8 Å². The molecule has 0 fully saturated rings. The highest BCUT2D eigenvalue weighted by Gasteiger charge is 2.24. The monoisotopic (exact) mass is 444 g/mol. The van der Waals surface area contributed by atoms with Crippen molar-refractivity contribution in [2.24, 2.45) is 0 Å². The normalized spacial score (nSPS) is 14.4. The second-order valence-electron chi connectivity index (χ2n) is 8.18. The molecule has 33 heavy (non-hydrogen) atoms. The zero-order valence-electron chi connectivity index (χ0n) is 18.8. The third-order valence-electron chi connectivity index (χ3n) is 6.30. The third-order valence-corrected chi connectivity index (χ3v) is 6.30. The fraction of sp³-hybridized carbons (Fsp3) is 0.185. The molecule has 5 nitrogen and oxygen atoms in total. The van der Waals surface area contributed by atoms with Crippen LogP contribution in [0.15, 0.2) is 61.5 Å². The fourth-order valence-corrected chi connectivity index (χ4v) is 4.75. The number of anilines is 2. The van der Waals surface area contributed by atoms with Crippen LogP contribution in [0.1, 0.15) is 34.4 Å². The molecule has 0 atom stereocenters. The van der Waals surface area contributed by atoms with Gasteiger partial charge in [0, 0.05) is 52.3 Å². The van der Waals surface area contributed by atoms with E-state index in [0.29, 0.717) is 17.8 Å². The largest absolute Gasteiger partial charge is 0.400 e. The van der Waals surface area contributed by atoms with E-state index in [0.717, 1.165) is 59.8 Å². The molecule has 0 radical (unpaired) electrons. The van der Waals surface area contributed by atoms with Crippen molar-refractivity contribution in [1.82, 2.24) is 9.88 Å². The van der Waals surface area contributed by atoms with Gasteiger partial charge in [-0.05, 0) is 66.8 Å². The first-order chi connectivity index (χ1) is 16.0. The van der Waals surface area contributed by atoms with Crippen LogP contribution in [0.25, 0.3) is 22.6 Å². The Hall–Kier alpha value is -3.77. The molecule has 6 N–H and O–H groups in total. The predicted molar refractivity (Wildman–Crippen MR) is 136 cm³/mol. The molecule has 5 rings (SSSR count). The molecule has 2 aromatic carbocycles. The Morgan fingerprint density at radius 2 is 1.82 bits per heavy atom. The van der Waals surface area contributed by atoms with Crippen LogP contribution >= 0.6 is 0 Å². The van der Waals surface area contributed by atoms with Crippen LogP contribution in [0.2, 0.25) is 0 Å². The number of hydrogen-bond acceptors (Lipinski definition) is 4. The molecule has 170 valence electrons. The first-order valence-electron chi connectivity index (χ1n) is 10.9. The number of nitrogens with one attached hydrogen (secondary N) is 1. The summed E-state index contributed by atoms with van der Waals surface area (Å²) in [4.78, 5) is 0. The number of aliphatic hydroxyl groups is 1. The lowest BCUT2D eigenvalue weighted by atomic mass is 9.96. The Labute approximate surface area is 193 Å². The number of halogens is 1. The van der Waals surface area contributed by atoms with Crippen molar-refractivity contribution >= 4 is 33.9 Å². The summed E-state index contributed by atoms with van der Waals surface area (Å²) < 4.78 is 16.9. The van der Waals surface area contributed by atoms with Crippen molar-refractivity contribution in [3.05, 3.63) is 95.2 Å². The van der Waals surface area contributed by atoms with Gasteiger partial charge in [-0.1, -0.05) is 19.2 Å². The van der Waals surface area contributed by atoms with E-state index >= 15 is 0 Å².